The van der Waals surface area contributed by atoms with Gasteiger partial charge in [0, 0.05) is 49.7 Å². The SMILES string of the molecule is Cc1nc(C)nc(-c2ccc3c4ccccc4n(-c4ccc(-c5cc(-c6ccccc6)nc(-c6ccccc6)n5)cc4-c4nc(-c5ccccc5)nc(-c5ccccc5)n4)c3c2)n1. The molecular weight excluding hydrogens is 775 g/mol. The maximum absolute atomic E-state index is 5.28. The summed E-state index contributed by atoms with van der Waals surface area (Å²) in [6, 6.07) is 63.8. The minimum atomic E-state index is 0.519. The van der Waals surface area contributed by atoms with Crippen molar-refractivity contribution in [2.45, 2.75) is 13.8 Å². The Morgan fingerprint density at radius 1 is 0.302 bits per heavy atom. The first kappa shape index (κ1) is 37.4. The zero-order valence-corrected chi connectivity index (χ0v) is 34.4. The molecule has 0 atom stereocenters. The highest BCUT2D eigenvalue weighted by molar-refractivity contribution is 6.10. The molecule has 11 rings (SSSR count). The second kappa shape index (κ2) is 15.8. The van der Waals surface area contributed by atoms with Crippen molar-refractivity contribution in [3.63, 3.8) is 0 Å². The zero-order chi connectivity index (χ0) is 42.3. The van der Waals surface area contributed by atoms with E-state index in [1.165, 1.54) is 0 Å². The maximum atomic E-state index is 5.28. The number of hydrogen-bond acceptors (Lipinski definition) is 8. The van der Waals surface area contributed by atoms with Crippen LogP contribution in [0.3, 0.4) is 0 Å². The molecule has 11 aromatic rings. The Balaban J connectivity index is 1.21. The molecule has 4 heterocycles. The molecule has 9 heteroatoms. The lowest BCUT2D eigenvalue weighted by molar-refractivity contribution is 0.928. The zero-order valence-electron chi connectivity index (χ0n) is 34.4. The van der Waals surface area contributed by atoms with Gasteiger partial charge >= 0.3 is 0 Å². The summed E-state index contributed by atoms with van der Waals surface area (Å²) in [5, 5.41) is 2.20. The lowest BCUT2D eigenvalue weighted by Crippen LogP contribution is -2.04. The van der Waals surface area contributed by atoms with E-state index in [2.05, 4.69) is 88.4 Å². The monoisotopic (exact) mass is 811 g/mol. The number of benzene rings is 7. The molecule has 0 saturated carbocycles. The second-order valence-electron chi connectivity index (χ2n) is 15.3. The molecule has 0 aliphatic rings. The van der Waals surface area contributed by atoms with Gasteiger partial charge in [0.15, 0.2) is 29.1 Å². The third-order valence-electron chi connectivity index (χ3n) is 11.1. The van der Waals surface area contributed by atoms with Crippen LogP contribution in [-0.4, -0.2) is 44.4 Å². The second-order valence-corrected chi connectivity index (χ2v) is 15.3. The average Bonchev–Trinajstić information content (AvgIpc) is 3.68. The third kappa shape index (κ3) is 7.17. The van der Waals surface area contributed by atoms with Gasteiger partial charge in [0.25, 0.3) is 0 Å². The highest BCUT2D eigenvalue weighted by atomic mass is 15.1. The standard InChI is InChI=1S/C54H37N9/c1-34-55-35(2)57-53(56-34)41-27-29-43-42-25-15-16-26-47(42)63(49(43)32-41)48-30-28-40(46-33-45(36-17-7-3-8-18-36)58-50(59-46)37-19-9-4-10-20-37)31-44(48)54-61-51(38-21-11-5-12-22-38)60-52(62-54)39-23-13-6-14-24-39/h3-33H,1-2H3. The van der Waals surface area contributed by atoms with E-state index in [1.807, 2.05) is 123 Å². The summed E-state index contributed by atoms with van der Waals surface area (Å²) in [5.41, 5.74) is 10.7. The average molecular weight is 812 g/mol. The molecular formula is C54H37N9. The van der Waals surface area contributed by atoms with E-state index in [4.69, 9.17) is 34.9 Å². The van der Waals surface area contributed by atoms with E-state index in [-0.39, 0.29) is 0 Å². The van der Waals surface area contributed by atoms with Crippen LogP contribution in [0.4, 0.5) is 0 Å². The molecule has 0 N–H and O–H groups in total. The highest BCUT2D eigenvalue weighted by Crippen LogP contribution is 2.40. The van der Waals surface area contributed by atoms with Crippen LogP contribution >= 0.6 is 0 Å². The van der Waals surface area contributed by atoms with Gasteiger partial charge in [-0.1, -0.05) is 158 Å². The van der Waals surface area contributed by atoms with Crippen LogP contribution in [0.25, 0.3) is 107 Å². The number of aromatic nitrogens is 9. The molecule has 0 unspecified atom stereocenters. The van der Waals surface area contributed by atoms with Crippen molar-refractivity contribution in [2.75, 3.05) is 0 Å². The van der Waals surface area contributed by atoms with Gasteiger partial charge in [-0.15, -0.1) is 0 Å². The summed E-state index contributed by atoms with van der Waals surface area (Å²) in [6.45, 7) is 3.79. The molecule has 0 bridgehead atoms. The van der Waals surface area contributed by atoms with Gasteiger partial charge in [0.2, 0.25) is 0 Å². The van der Waals surface area contributed by atoms with Crippen molar-refractivity contribution in [3.05, 3.63) is 200 Å². The van der Waals surface area contributed by atoms with Gasteiger partial charge in [0.1, 0.15) is 11.6 Å². The molecule has 0 aliphatic heterocycles. The molecule has 0 spiro atoms. The Morgan fingerprint density at radius 2 is 0.762 bits per heavy atom. The predicted octanol–water partition coefficient (Wildman–Crippen LogP) is 12.2. The lowest BCUT2D eigenvalue weighted by Gasteiger charge is -2.17. The maximum Gasteiger partial charge on any atom is 0.166 e. The molecule has 7 aromatic carbocycles. The minimum Gasteiger partial charge on any atom is -0.308 e. The number of rotatable bonds is 8. The van der Waals surface area contributed by atoms with Crippen molar-refractivity contribution in [2.24, 2.45) is 0 Å². The molecule has 0 radical (unpaired) electrons. The van der Waals surface area contributed by atoms with Gasteiger partial charge in [-0.05, 0) is 44.2 Å². The highest BCUT2D eigenvalue weighted by Gasteiger charge is 2.22. The summed E-state index contributed by atoms with van der Waals surface area (Å²) in [4.78, 5) is 39.9. The molecule has 0 amide bonds. The minimum absolute atomic E-state index is 0.519. The quantitative estimate of drug-likeness (QED) is 0.149. The van der Waals surface area contributed by atoms with Gasteiger partial charge < -0.3 is 4.57 Å². The Morgan fingerprint density at radius 3 is 1.37 bits per heavy atom. The van der Waals surface area contributed by atoms with E-state index in [0.717, 1.165) is 77.8 Å². The molecule has 0 aliphatic carbocycles. The molecule has 9 nitrogen and oxygen atoms in total. The fourth-order valence-corrected chi connectivity index (χ4v) is 8.18. The van der Waals surface area contributed by atoms with Crippen LogP contribution in [0.1, 0.15) is 11.6 Å². The van der Waals surface area contributed by atoms with E-state index in [0.29, 0.717) is 40.8 Å². The molecule has 0 fully saturated rings. The summed E-state index contributed by atoms with van der Waals surface area (Å²) in [7, 11) is 0. The van der Waals surface area contributed by atoms with Crippen molar-refractivity contribution in [3.8, 4) is 85.1 Å². The molecule has 4 aromatic heterocycles. The fourth-order valence-electron chi connectivity index (χ4n) is 8.18. The van der Waals surface area contributed by atoms with Crippen molar-refractivity contribution >= 4 is 21.8 Å². The van der Waals surface area contributed by atoms with Crippen LogP contribution in [0.15, 0.2) is 188 Å². The smallest absolute Gasteiger partial charge is 0.166 e. The summed E-state index contributed by atoms with van der Waals surface area (Å²) >= 11 is 0. The van der Waals surface area contributed by atoms with Crippen LogP contribution in [0.2, 0.25) is 0 Å². The molecule has 0 saturated heterocycles. The van der Waals surface area contributed by atoms with E-state index >= 15 is 0 Å². The molecule has 63 heavy (non-hydrogen) atoms. The van der Waals surface area contributed by atoms with Crippen LogP contribution < -0.4 is 0 Å². The Labute approximate surface area is 363 Å². The Hall–Kier alpha value is -8.56. The first-order chi connectivity index (χ1) is 31.0. The van der Waals surface area contributed by atoms with Gasteiger partial charge in [0.05, 0.1) is 28.1 Å². The first-order valence-corrected chi connectivity index (χ1v) is 20.8. The van der Waals surface area contributed by atoms with Crippen LogP contribution in [0, 0.1) is 13.8 Å². The van der Waals surface area contributed by atoms with Crippen LogP contribution in [0.5, 0.6) is 0 Å². The third-order valence-corrected chi connectivity index (χ3v) is 11.1. The number of para-hydroxylation sites is 1. The lowest BCUT2D eigenvalue weighted by atomic mass is 10.0. The normalized spacial score (nSPS) is 11.3. The number of hydrogen-bond donors (Lipinski definition) is 0. The number of aryl methyl sites for hydroxylation is 2. The number of fused-ring (bicyclic) bond motifs is 3. The largest absolute Gasteiger partial charge is 0.308 e. The van der Waals surface area contributed by atoms with Gasteiger partial charge in [-0.3, -0.25) is 0 Å². The number of nitrogens with zero attached hydrogens (tertiary/aromatic N) is 9. The Bertz CT molecular complexity index is 3330. The summed E-state index contributed by atoms with van der Waals surface area (Å²) in [6.07, 6.45) is 0. The Kier molecular flexibility index (Phi) is 9.39. The summed E-state index contributed by atoms with van der Waals surface area (Å²) in [5.74, 6) is 4.26. The van der Waals surface area contributed by atoms with Crippen molar-refractivity contribution in [1.82, 2.24) is 44.4 Å². The fraction of sp³-hybridized carbons (Fsp3) is 0.0370. The van der Waals surface area contributed by atoms with E-state index in [9.17, 15) is 0 Å². The van der Waals surface area contributed by atoms with Gasteiger partial charge in [-0.25, -0.2) is 39.9 Å². The van der Waals surface area contributed by atoms with Crippen molar-refractivity contribution in [1.29, 1.82) is 0 Å². The molecule has 298 valence electrons. The van der Waals surface area contributed by atoms with E-state index in [1.54, 1.807) is 0 Å². The van der Waals surface area contributed by atoms with Crippen LogP contribution in [-0.2, 0) is 0 Å². The van der Waals surface area contributed by atoms with Gasteiger partial charge in [-0.2, -0.15) is 0 Å². The summed E-state index contributed by atoms with van der Waals surface area (Å²) < 4.78 is 2.30. The van der Waals surface area contributed by atoms with Crippen molar-refractivity contribution < 1.29 is 0 Å². The topological polar surface area (TPSA) is 108 Å². The first-order valence-electron chi connectivity index (χ1n) is 20.8. The predicted molar refractivity (Wildman–Crippen MR) is 251 cm³/mol. The van der Waals surface area contributed by atoms with E-state index < -0.39 is 0 Å².